The third-order valence-corrected chi connectivity index (χ3v) is 22.3. The van der Waals surface area contributed by atoms with Gasteiger partial charge in [0.15, 0.2) is 31.1 Å². The highest BCUT2D eigenvalue weighted by molar-refractivity contribution is 5.94. The molecule has 42 nitrogen and oxygen atoms in total. The summed E-state index contributed by atoms with van der Waals surface area (Å²) in [5.74, 6) is -9.51. The number of unbranched alkanes of at least 4 members (excludes halogenated alkanes) is 7. The van der Waals surface area contributed by atoms with E-state index in [1.54, 1.807) is 13.8 Å². The van der Waals surface area contributed by atoms with E-state index in [0.29, 0.717) is 12.3 Å². The second-order valence-corrected chi connectivity index (χ2v) is 31.1. The molecule has 0 spiro atoms. The summed E-state index contributed by atoms with van der Waals surface area (Å²) in [7, 11) is 6.80. The van der Waals surface area contributed by atoms with E-state index in [1.807, 2.05) is 9.97 Å². The van der Waals surface area contributed by atoms with E-state index in [2.05, 4.69) is 13.8 Å². The van der Waals surface area contributed by atoms with Crippen LogP contribution in [0.2, 0.25) is 0 Å². The zero-order valence-corrected chi connectivity index (χ0v) is 66.9. The van der Waals surface area contributed by atoms with E-state index in [-0.39, 0.29) is 63.7 Å². The van der Waals surface area contributed by atoms with Crippen LogP contribution in [0.1, 0.15) is 149 Å². The predicted molar refractivity (Wildman–Crippen MR) is 398 cm³/mol. The van der Waals surface area contributed by atoms with Gasteiger partial charge in [0.2, 0.25) is 18.1 Å². The normalized spacial score (nSPS) is 33.7. The molecular weight excluding hydrogens is 1560 g/mol. The highest BCUT2D eigenvalue weighted by Crippen LogP contribution is 2.42. The number of hydrogen-bond donors (Lipinski definition) is 14. The molecule has 0 bridgehead atoms. The zero-order valence-electron chi connectivity index (χ0n) is 66.9. The van der Waals surface area contributed by atoms with Crippen molar-refractivity contribution in [2.45, 2.75) is 296 Å². The molecule has 2 aromatic heterocycles. The number of nitrogens with one attached hydrogen (secondary N) is 2. The fourth-order valence-corrected chi connectivity index (χ4v) is 15.9. The number of aliphatic carboxylic acids is 2. The number of nitrogens with two attached hydrogens (primary N) is 2. The van der Waals surface area contributed by atoms with Gasteiger partial charge in [0, 0.05) is 85.9 Å². The Morgan fingerprint density at radius 2 is 1.01 bits per heavy atom. The number of carboxylic acids is 2. The first-order valence-corrected chi connectivity index (χ1v) is 39.4. The number of rotatable bonds is 37. The average molecular weight is 1670 g/mol. The van der Waals surface area contributed by atoms with Gasteiger partial charge < -0.3 is 134 Å². The first kappa shape index (κ1) is 95.1. The Labute approximate surface area is 672 Å². The van der Waals surface area contributed by atoms with Crippen LogP contribution in [0.25, 0.3) is 0 Å². The van der Waals surface area contributed by atoms with Crippen LogP contribution >= 0.6 is 0 Å². The zero-order chi connectivity index (χ0) is 86.1. The number of ether oxygens (including phenoxy) is 13. The molecule has 9 heterocycles. The second-order valence-electron chi connectivity index (χ2n) is 31.1. The number of aliphatic hydroxyl groups is 8. The summed E-state index contributed by atoms with van der Waals surface area (Å²) >= 11 is 0. The number of H-pyrrole nitrogens is 2. The first-order chi connectivity index (χ1) is 55.5. The molecule has 117 heavy (non-hydrogen) atoms. The first-order valence-electron chi connectivity index (χ1n) is 39.4. The third-order valence-electron chi connectivity index (χ3n) is 22.3. The molecular formula is C75H116N8O34. The Morgan fingerprint density at radius 1 is 0.538 bits per heavy atom. The number of aromatic nitrogens is 4. The molecule has 16 N–H and O–H groups in total. The lowest BCUT2D eigenvalue weighted by Gasteiger charge is -2.43. The van der Waals surface area contributed by atoms with Gasteiger partial charge in [-0.2, -0.15) is 0 Å². The van der Waals surface area contributed by atoms with Gasteiger partial charge in [0.05, 0.1) is 24.4 Å². The Morgan fingerprint density at radius 3 is 1.46 bits per heavy atom. The van der Waals surface area contributed by atoms with E-state index < -0.39 is 248 Å². The Hall–Kier alpha value is -7.41. The molecule has 7 aliphatic heterocycles. The lowest BCUT2D eigenvalue weighted by atomic mass is 9.89. The Balaban J connectivity index is 0.000000372. The maximum atomic E-state index is 14.6. The van der Waals surface area contributed by atoms with Gasteiger partial charge in [-0.3, -0.25) is 52.7 Å². The number of carboxylic acid groups (broad SMARTS) is 2. The number of amides is 2. The van der Waals surface area contributed by atoms with Crippen molar-refractivity contribution in [1.82, 2.24) is 28.9 Å². The summed E-state index contributed by atoms with van der Waals surface area (Å²) in [6.45, 7) is 7.37. The molecule has 29 atom stereocenters. The molecule has 23 unspecified atom stereocenters. The van der Waals surface area contributed by atoms with Crippen LogP contribution < -0.4 is 34.0 Å². The topological polar surface area (TPSA) is 610 Å². The van der Waals surface area contributed by atoms with Crippen molar-refractivity contribution in [2.24, 2.45) is 35.1 Å². The molecule has 6 fully saturated rings. The van der Waals surface area contributed by atoms with Gasteiger partial charge in [0.1, 0.15) is 122 Å². The predicted octanol–water partition coefficient (Wildman–Crippen LogP) is -3.43. The number of hydrogen-bond acceptors (Lipinski definition) is 34. The monoisotopic (exact) mass is 1670 g/mol. The van der Waals surface area contributed by atoms with Crippen molar-refractivity contribution in [3.8, 4) is 0 Å². The molecule has 9 rings (SSSR count). The number of nitrogens with zero attached hydrogens (tertiary/aromatic N) is 4. The number of aromatic amines is 2. The number of carbonyl (C=O) groups excluding carboxylic acids is 5. The van der Waals surface area contributed by atoms with E-state index in [4.69, 9.17) is 73.0 Å². The van der Waals surface area contributed by atoms with Gasteiger partial charge in [0.25, 0.3) is 11.1 Å². The van der Waals surface area contributed by atoms with Crippen LogP contribution in [-0.4, -0.2) is 317 Å². The lowest BCUT2D eigenvalue weighted by molar-refractivity contribution is -0.297. The fourth-order valence-electron chi connectivity index (χ4n) is 15.9. The summed E-state index contributed by atoms with van der Waals surface area (Å²) in [5.41, 5.74) is 7.60. The molecule has 660 valence electrons. The van der Waals surface area contributed by atoms with Crippen molar-refractivity contribution < 1.29 is 146 Å². The SMILES string of the molecule is CN1C(=O)[C@H]([C@H](OC2OC(CN)C(O)C2O)C2OC(n3ccc(=O)[nH]c3=O)C(O)C2O)CCC=C1C(=O)O.COC1C(C)OC(OC(=O)CC(C)CC(=O)OC(CCCCCCCCCCC(C)C)CC(=O)O[C@H]2CC[C@@H]([C@H](OC3OC(CN)C(O)C3O)C3OC(n4ccc(=O)[nH]c4=O)C(O)C3O)C(=O)N(C)[C@@H]2C(=O)O)C(OC)C1OC. The fraction of sp³-hybridized carbons (Fsp3) is 0.773. The molecule has 0 saturated carbocycles. The standard InChI is InChI=1S/C53H86N4O22.C22H30N4O12/c1-27(2)17-15-13-11-9-10-12-14-16-18-30(74-35(59)23-28(3)24-36(60)77-52-47(72-8)46(71-7)43(70-6)29(4)73-52)25-37(61)75-32-20-19-31(48(66)56(5)38(32)50(67)68)44(79-51-42(65)39(62)33(26-54)76-51)45-40(63)41(64)49(78-45)57-22-21-34(58)55-53(57)69;1-25-9(20(33)34)4-2-3-8(18(25)32)16(38-21-15(31)12(28)10(7-23)36-21)17-13(29)14(30)19(37-17)26-6-5-11(27)24-22(26)35/h21-22,27-33,38-47,49,51-52,62-65H,9-20,23-26,54H2,1-8H3,(H,67,68)(H,55,58,69);4-6,8,10,12-17,19,21,28-31H,2-3,7,23H2,1H3,(H,33,34)(H,24,27,35)/t28?,29?,30?,31-,32-,33?,38-,39?,40?,41?,42?,43?,44-,45?,46?,47?,49?,51?,52?;8-,10?,12?,13?,14?,15?,16-,17?,19?,21?/m00/s1. The summed E-state index contributed by atoms with van der Waals surface area (Å²) in [5, 5.41) is 107. The Bertz CT molecular complexity index is 3900. The molecule has 2 amide bonds. The highest BCUT2D eigenvalue weighted by Gasteiger charge is 2.58. The van der Waals surface area contributed by atoms with Crippen LogP contribution in [0.3, 0.4) is 0 Å². The van der Waals surface area contributed by atoms with Crippen molar-refractivity contribution in [3.63, 3.8) is 0 Å². The minimum absolute atomic E-state index is 0.0161. The molecule has 2 aromatic rings. The molecule has 6 saturated heterocycles. The van der Waals surface area contributed by atoms with E-state index in [0.717, 1.165) is 89.0 Å². The van der Waals surface area contributed by atoms with E-state index in [1.165, 1.54) is 47.3 Å². The largest absolute Gasteiger partial charge is 0.480 e. The number of methoxy groups -OCH3 is 3. The molecule has 0 aliphatic carbocycles. The number of allylic oxidation sites excluding steroid dienone is 1. The lowest BCUT2D eigenvalue weighted by Crippen LogP contribution is -2.59. The van der Waals surface area contributed by atoms with Crippen molar-refractivity contribution in [1.29, 1.82) is 0 Å². The number of likely N-dealkylation sites (N-methyl/N-ethyl adjacent to an activating group) is 2. The molecule has 0 radical (unpaired) electrons. The van der Waals surface area contributed by atoms with E-state index in [9.17, 15) is 104 Å². The minimum Gasteiger partial charge on any atom is -0.480 e. The third kappa shape index (κ3) is 23.6. The summed E-state index contributed by atoms with van der Waals surface area (Å²) in [6, 6.07) is 0.168. The van der Waals surface area contributed by atoms with Crippen LogP contribution in [0, 0.1) is 23.7 Å². The maximum absolute atomic E-state index is 14.6. The molecule has 7 aliphatic rings. The van der Waals surface area contributed by atoms with Crippen LogP contribution in [0.5, 0.6) is 0 Å². The van der Waals surface area contributed by atoms with Crippen molar-refractivity contribution in [2.75, 3.05) is 48.5 Å². The van der Waals surface area contributed by atoms with Gasteiger partial charge in [-0.25, -0.2) is 19.2 Å². The van der Waals surface area contributed by atoms with Gasteiger partial charge >= 0.3 is 41.2 Å². The second kappa shape index (κ2) is 43.7. The van der Waals surface area contributed by atoms with Crippen molar-refractivity contribution >= 4 is 41.7 Å². The number of carbonyl (C=O) groups is 7. The van der Waals surface area contributed by atoms with Crippen molar-refractivity contribution in [3.05, 3.63) is 78.0 Å². The van der Waals surface area contributed by atoms with E-state index >= 15 is 0 Å². The Kier molecular flexibility index (Phi) is 35.5. The number of likely N-dealkylation sites (tertiary alicyclic amines) is 1. The van der Waals surface area contributed by atoms with Gasteiger partial charge in [-0.05, 0) is 57.3 Å². The smallest absolute Gasteiger partial charge is 0.352 e. The van der Waals surface area contributed by atoms with Gasteiger partial charge in [-0.1, -0.05) is 78.2 Å². The van der Waals surface area contributed by atoms with Crippen LogP contribution in [0.4, 0.5) is 0 Å². The summed E-state index contributed by atoms with van der Waals surface area (Å²) in [6.07, 6.45) is -23.6. The molecule has 0 aromatic carbocycles. The maximum Gasteiger partial charge on any atom is 0.352 e. The van der Waals surface area contributed by atoms with Crippen LogP contribution in [0.15, 0.2) is 55.5 Å². The summed E-state index contributed by atoms with van der Waals surface area (Å²) < 4.78 is 76.7. The molecule has 42 heteroatoms. The number of aliphatic hydroxyl groups excluding tert-OH is 8. The highest BCUT2D eigenvalue weighted by atomic mass is 16.7. The minimum atomic E-state index is -1.93. The number of esters is 3. The van der Waals surface area contributed by atoms with Gasteiger partial charge in [-0.15, -0.1) is 0 Å². The quantitative estimate of drug-likeness (QED) is 0.0178. The summed E-state index contributed by atoms with van der Waals surface area (Å²) in [4.78, 5) is 148. The van der Waals surface area contributed by atoms with Crippen LogP contribution in [-0.2, 0) is 95.1 Å². The average Bonchev–Trinajstić information content (AvgIpc) is 1.64.